The van der Waals surface area contributed by atoms with Crippen molar-refractivity contribution in [2.45, 2.75) is 52.1 Å². The molecule has 100 valence electrons. The summed E-state index contributed by atoms with van der Waals surface area (Å²) < 4.78 is 5.67. The standard InChI is InChI=1S/C17H26O/c1-3-5-6-7-8-9-14-18-15-17-12-10-16(4-2)11-13-17/h4,10-13H,2-3,5-9,14-15H2,1H3. The molecule has 18 heavy (non-hydrogen) atoms. The molecule has 0 aliphatic heterocycles. The lowest BCUT2D eigenvalue weighted by atomic mass is 10.1. The number of hydrogen-bond acceptors (Lipinski definition) is 1. The Labute approximate surface area is 112 Å². The van der Waals surface area contributed by atoms with Crippen LogP contribution >= 0.6 is 0 Å². The SMILES string of the molecule is C=Cc1ccc(COCCCCCCCC)cc1. The minimum absolute atomic E-state index is 0.729. The predicted octanol–water partition coefficient (Wildman–Crippen LogP) is 5.21. The molecule has 0 atom stereocenters. The fraction of sp³-hybridized carbons (Fsp3) is 0.529. The first-order valence-electron chi connectivity index (χ1n) is 7.16. The van der Waals surface area contributed by atoms with Gasteiger partial charge in [0.1, 0.15) is 0 Å². The van der Waals surface area contributed by atoms with Gasteiger partial charge in [0.25, 0.3) is 0 Å². The second kappa shape index (κ2) is 9.90. The van der Waals surface area contributed by atoms with Crippen LogP contribution in [0.25, 0.3) is 6.08 Å². The molecule has 0 heterocycles. The van der Waals surface area contributed by atoms with Gasteiger partial charge in [0.2, 0.25) is 0 Å². The zero-order chi connectivity index (χ0) is 13.1. The predicted molar refractivity (Wildman–Crippen MR) is 79.6 cm³/mol. The number of benzene rings is 1. The van der Waals surface area contributed by atoms with Crippen molar-refractivity contribution < 1.29 is 4.74 Å². The van der Waals surface area contributed by atoms with Gasteiger partial charge >= 0.3 is 0 Å². The Balaban J connectivity index is 2.01. The summed E-state index contributed by atoms with van der Waals surface area (Å²) in [6.07, 6.45) is 9.77. The lowest BCUT2D eigenvalue weighted by Crippen LogP contribution is -1.95. The van der Waals surface area contributed by atoms with E-state index in [1.165, 1.54) is 44.1 Å². The summed E-state index contributed by atoms with van der Waals surface area (Å²) in [7, 11) is 0. The van der Waals surface area contributed by atoms with E-state index in [4.69, 9.17) is 4.74 Å². The van der Waals surface area contributed by atoms with E-state index in [0.717, 1.165) is 18.8 Å². The Morgan fingerprint density at radius 3 is 2.33 bits per heavy atom. The van der Waals surface area contributed by atoms with E-state index in [0.29, 0.717) is 0 Å². The first-order valence-corrected chi connectivity index (χ1v) is 7.16. The van der Waals surface area contributed by atoms with Crippen molar-refractivity contribution >= 4 is 6.08 Å². The highest BCUT2D eigenvalue weighted by molar-refractivity contribution is 5.47. The van der Waals surface area contributed by atoms with Crippen LogP contribution in [0, 0.1) is 0 Å². The number of hydrogen-bond donors (Lipinski definition) is 0. The van der Waals surface area contributed by atoms with E-state index in [1.807, 2.05) is 6.08 Å². The van der Waals surface area contributed by atoms with Gasteiger partial charge in [0.05, 0.1) is 6.61 Å². The third-order valence-corrected chi connectivity index (χ3v) is 3.13. The van der Waals surface area contributed by atoms with E-state index >= 15 is 0 Å². The van der Waals surface area contributed by atoms with Crippen LogP contribution < -0.4 is 0 Å². The molecule has 0 fully saturated rings. The number of ether oxygens (including phenoxy) is 1. The molecule has 0 aromatic heterocycles. The van der Waals surface area contributed by atoms with Gasteiger partial charge in [-0.2, -0.15) is 0 Å². The molecule has 1 aromatic rings. The second-order valence-electron chi connectivity index (χ2n) is 4.77. The zero-order valence-corrected chi connectivity index (χ0v) is 11.7. The van der Waals surface area contributed by atoms with Crippen molar-refractivity contribution in [1.82, 2.24) is 0 Å². The van der Waals surface area contributed by atoms with E-state index < -0.39 is 0 Å². The molecule has 0 spiro atoms. The Bertz CT molecular complexity index is 313. The maximum atomic E-state index is 5.67. The largest absolute Gasteiger partial charge is 0.377 e. The second-order valence-corrected chi connectivity index (χ2v) is 4.77. The van der Waals surface area contributed by atoms with E-state index in [2.05, 4.69) is 37.8 Å². The quantitative estimate of drug-likeness (QED) is 0.515. The van der Waals surface area contributed by atoms with Crippen molar-refractivity contribution in [3.63, 3.8) is 0 Å². The highest BCUT2D eigenvalue weighted by Gasteiger charge is 1.94. The Morgan fingerprint density at radius 1 is 1.00 bits per heavy atom. The summed E-state index contributed by atoms with van der Waals surface area (Å²) in [4.78, 5) is 0. The smallest absolute Gasteiger partial charge is 0.0716 e. The van der Waals surface area contributed by atoms with Crippen molar-refractivity contribution in [2.24, 2.45) is 0 Å². The van der Waals surface area contributed by atoms with Gasteiger partial charge in [-0.15, -0.1) is 0 Å². The first-order chi connectivity index (χ1) is 8.86. The maximum absolute atomic E-state index is 5.67. The molecule has 0 amide bonds. The topological polar surface area (TPSA) is 9.23 Å². The summed E-state index contributed by atoms with van der Waals surface area (Å²) in [6, 6.07) is 8.38. The van der Waals surface area contributed by atoms with E-state index in [1.54, 1.807) is 0 Å². The van der Waals surface area contributed by atoms with Crippen LogP contribution in [0.4, 0.5) is 0 Å². The third kappa shape index (κ3) is 6.61. The molecule has 0 aliphatic rings. The van der Waals surface area contributed by atoms with Crippen LogP contribution in [-0.2, 0) is 11.3 Å². The molecule has 0 bridgehead atoms. The molecule has 1 nitrogen and oxygen atoms in total. The minimum Gasteiger partial charge on any atom is -0.377 e. The highest BCUT2D eigenvalue weighted by Crippen LogP contribution is 2.08. The van der Waals surface area contributed by atoms with Gasteiger partial charge in [-0.05, 0) is 17.5 Å². The van der Waals surface area contributed by atoms with Gasteiger partial charge < -0.3 is 4.74 Å². The molecule has 1 rings (SSSR count). The van der Waals surface area contributed by atoms with Crippen LogP contribution in [-0.4, -0.2) is 6.61 Å². The van der Waals surface area contributed by atoms with Gasteiger partial charge in [0.15, 0.2) is 0 Å². The lowest BCUT2D eigenvalue weighted by Gasteiger charge is -2.05. The molecule has 1 aromatic carbocycles. The Hall–Kier alpha value is -1.08. The van der Waals surface area contributed by atoms with Gasteiger partial charge in [-0.25, -0.2) is 0 Å². The Morgan fingerprint density at radius 2 is 1.67 bits per heavy atom. The fourth-order valence-corrected chi connectivity index (χ4v) is 1.92. The van der Waals surface area contributed by atoms with E-state index in [-0.39, 0.29) is 0 Å². The molecule has 0 N–H and O–H groups in total. The molecule has 1 heteroatoms. The van der Waals surface area contributed by atoms with Gasteiger partial charge in [0, 0.05) is 6.61 Å². The molecule has 0 saturated carbocycles. The van der Waals surface area contributed by atoms with Crippen LogP contribution in [0.2, 0.25) is 0 Å². The molecule has 0 radical (unpaired) electrons. The molecular formula is C17H26O. The Kier molecular flexibility index (Phi) is 8.24. The molecule has 0 unspecified atom stereocenters. The van der Waals surface area contributed by atoms with Crippen LogP contribution in [0.5, 0.6) is 0 Å². The highest BCUT2D eigenvalue weighted by atomic mass is 16.5. The first kappa shape index (κ1) is 15.0. The summed E-state index contributed by atoms with van der Waals surface area (Å²) in [5.74, 6) is 0. The third-order valence-electron chi connectivity index (χ3n) is 3.13. The van der Waals surface area contributed by atoms with Gasteiger partial charge in [-0.3, -0.25) is 0 Å². The van der Waals surface area contributed by atoms with Gasteiger partial charge in [-0.1, -0.05) is 75.9 Å². The summed E-state index contributed by atoms with van der Waals surface area (Å²) in [6.45, 7) is 7.61. The molecule has 0 saturated heterocycles. The van der Waals surface area contributed by atoms with Crippen molar-refractivity contribution in [2.75, 3.05) is 6.61 Å². The number of unbranched alkanes of at least 4 members (excludes halogenated alkanes) is 5. The van der Waals surface area contributed by atoms with Crippen LogP contribution in [0.1, 0.15) is 56.6 Å². The summed E-state index contributed by atoms with van der Waals surface area (Å²) >= 11 is 0. The zero-order valence-electron chi connectivity index (χ0n) is 11.7. The van der Waals surface area contributed by atoms with Crippen molar-refractivity contribution in [1.29, 1.82) is 0 Å². The van der Waals surface area contributed by atoms with Crippen LogP contribution in [0.15, 0.2) is 30.8 Å². The van der Waals surface area contributed by atoms with Crippen molar-refractivity contribution in [3.05, 3.63) is 42.0 Å². The summed E-state index contributed by atoms with van der Waals surface area (Å²) in [5, 5.41) is 0. The average molecular weight is 246 g/mol. The summed E-state index contributed by atoms with van der Waals surface area (Å²) in [5.41, 5.74) is 2.40. The lowest BCUT2D eigenvalue weighted by molar-refractivity contribution is 0.116. The minimum atomic E-state index is 0.729. The van der Waals surface area contributed by atoms with E-state index in [9.17, 15) is 0 Å². The normalized spacial score (nSPS) is 10.5. The van der Waals surface area contributed by atoms with Crippen LogP contribution in [0.3, 0.4) is 0 Å². The number of rotatable bonds is 10. The fourth-order valence-electron chi connectivity index (χ4n) is 1.92. The monoisotopic (exact) mass is 246 g/mol. The van der Waals surface area contributed by atoms with Crippen molar-refractivity contribution in [3.8, 4) is 0 Å². The average Bonchev–Trinajstić information content (AvgIpc) is 2.42. The maximum Gasteiger partial charge on any atom is 0.0716 e. The molecule has 0 aliphatic carbocycles. The molecular weight excluding hydrogens is 220 g/mol.